The van der Waals surface area contributed by atoms with Crippen molar-refractivity contribution in [2.75, 3.05) is 0 Å². The maximum atomic E-state index is 15.1. The average Bonchev–Trinajstić information content (AvgIpc) is 3.82. The second-order valence-corrected chi connectivity index (χ2v) is 13.7. The van der Waals surface area contributed by atoms with Gasteiger partial charge < -0.3 is 0 Å². The quantitative estimate of drug-likeness (QED) is 0.131. The molecule has 0 saturated heterocycles. The van der Waals surface area contributed by atoms with Crippen molar-refractivity contribution in [1.82, 2.24) is 18.8 Å². The molecule has 1 spiro atoms. The van der Waals surface area contributed by atoms with Gasteiger partial charge in [0.05, 0.1) is 32.9 Å². The molecule has 5 heteroatoms. The third-order valence-corrected chi connectivity index (χ3v) is 11.3. The summed E-state index contributed by atoms with van der Waals surface area (Å²) in [6.45, 7) is 0. The minimum absolute atomic E-state index is 0.100. The number of aromatic nitrogens is 4. The van der Waals surface area contributed by atoms with Gasteiger partial charge in [0.15, 0.2) is 0 Å². The maximum absolute atomic E-state index is 15.1. The fraction of sp³-hybridized carbons (Fsp3) is 0.0217. The average molecular weight is 651 g/mol. The highest BCUT2D eigenvalue weighted by Crippen LogP contribution is 2.63. The van der Waals surface area contributed by atoms with Crippen LogP contribution in [0.25, 0.3) is 77.6 Å². The molecule has 0 aliphatic heterocycles. The number of fused-ring (bicyclic) bond motifs is 19. The zero-order valence-corrected chi connectivity index (χ0v) is 27.2. The van der Waals surface area contributed by atoms with Crippen LogP contribution in [0.5, 0.6) is 0 Å². The number of nitrogens with zero attached hydrogens (tertiary/aromatic N) is 4. The first-order chi connectivity index (χ1) is 25.2. The summed E-state index contributed by atoms with van der Waals surface area (Å²) in [5.74, 6) is 0.551. The van der Waals surface area contributed by atoms with Crippen molar-refractivity contribution in [2.45, 2.75) is 5.41 Å². The Labute approximate surface area is 291 Å². The van der Waals surface area contributed by atoms with Crippen molar-refractivity contribution in [1.29, 1.82) is 0 Å². The molecule has 7 aromatic carbocycles. The lowest BCUT2D eigenvalue weighted by atomic mass is 9.70. The van der Waals surface area contributed by atoms with E-state index in [1.54, 1.807) is 4.40 Å². The highest BCUT2D eigenvalue weighted by molar-refractivity contribution is 6.02. The number of hydrogen-bond acceptors (Lipinski definition) is 3. The van der Waals surface area contributed by atoms with Crippen LogP contribution in [-0.4, -0.2) is 18.8 Å². The standard InChI is InChI=1S/C46H26N4O/c51-44-42-28(16-11-21-39(42)48-45-49-41-23-10-8-20-38(41)47-43(49)33-15-4-9-22-40(33)50(44)45)27-24-25-32-31-14-3-7-19-36(31)46(37(32)26-27)34-17-5-1-12-29(34)30-13-2-6-18-35(30)46/h1-26H. The smallest absolute Gasteiger partial charge is 0.268 e. The first-order valence-electron chi connectivity index (χ1n) is 17.3. The number of para-hydroxylation sites is 3. The Morgan fingerprint density at radius 2 is 1.02 bits per heavy atom. The summed E-state index contributed by atoms with van der Waals surface area (Å²) in [5, 5.41) is 1.50. The van der Waals surface area contributed by atoms with E-state index in [0.29, 0.717) is 16.7 Å². The molecule has 10 aromatic rings. The third kappa shape index (κ3) is 3.20. The molecule has 2 aliphatic rings. The molecule has 0 saturated carbocycles. The van der Waals surface area contributed by atoms with Crippen LogP contribution in [-0.2, 0) is 5.41 Å². The number of imidazole rings is 1. The van der Waals surface area contributed by atoms with Crippen molar-refractivity contribution in [3.05, 3.63) is 190 Å². The monoisotopic (exact) mass is 650 g/mol. The van der Waals surface area contributed by atoms with Crippen molar-refractivity contribution in [3.63, 3.8) is 0 Å². The van der Waals surface area contributed by atoms with E-state index in [2.05, 4.69) is 97.1 Å². The van der Waals surface area contributed by atoms with E-state index in [9.17, 15) is 0 Å². The number of benzene rings is 7. The Hall–Kier alpha value is -6.85. The molecule has 0 fully saturated rings. The van der Waals surface area contributed by atoms with Gasteiger partial charge in [0, 0.05) is 5.39 Å². The zero-order valence-electron chi connectivity index (χ0n) is 27.2. The second-order valence-electron chi connectivity index (χ2n) is 13.7. The fourth-order valence-electron chi connectivity index (χ4n) is 9.36. The lowest BCUT2D eigenvalue weighted by Crippen LogP contribution is -2.25. The predicted octanol–water partition coefficient (Wildman–Crippen LogP) is 9.81. The maximum Gasteiger partial charge on any atom is 0.268 e. The van der Waals surface area contributed by atoms with Gasteiger partial charge >= 0.3 is 0 Å². The molecule has 3 heterocycles. The van der Waals surface area contributed by atoms with E-state index in [4.69, 9.17) is 9.97 Å². The topological polar surface area (TPSA) is 51.7 Å². The molecular weight excluding hydrogens is 625 g/mol. The number of hydrogen-bond donors (Lipinski definition) is 0. The highest BCUT2D eigenvalue weighted by Gasteiger charge is 2.51. The van der Waals surface area contributed by atoms with E-state index in [-0.39, 0.29) is 5.56 Å². The normalized spacial score (nSPS) is 13.7. The molecular formula is C46H26N4O. The van der Waals surface area contributed by atoms with Gasteiger partial charge in [0.2, 0.25) is 5.78 Å². The Balaban J connectivity index is 1.19. The molecule has 51 heavy (non-hydrogen) atoms. The van der Waals surface area contributed by atoms with E-state index in [1.807, 2.05) is 65.1 Å². The Bertz CT molecular complexity index is 3180. The van der Waals surface area contributed by atoms with Gasteiger partial charge in [-0.15, -0.1) is 0 Å². The van der Waals surface area contributed by atoms with E-state index >= 15 is 4.79 Å². The van der Waals surface area contributed by atoms with Crippen molar-refractivity contribution < 1.29 is 0 Å². The molecule has 0 amide bonds. The van der Waals surface area contributed by atoms with Crippen LogP contribution in [0.2, 0.25) is 0 Å². The molecule has 0 radical (unpaired) electrons. The van der Waals surface area contributed by atoms with Crippen LogP contribution >= 0.6 is 0 Å². The van der Waals surface area contributed by atoms with Crippen molar-refractivity contribution in [2.24, 2.45) is 0 Å². The van der Waals surface area contributed by atoms with Crippen molar-refractivity contribution in [3.8, 4) is 33.4 Å². The molecule has 0 N–H and O–H groups in total. The molecule has 0 bridgehead atoms. The summed E-state index contributed by atoms with van der Waals surface area (Å²) in [5.41, 5.74) is 15.4. The SMILES string of the molecule is O=c1c2c(-c3ccc4c(c3)C3(c5ccccc5-c5ccccc53)c3ccccc3-4)cccc2nc2n1c1ccccc1c1nc3ccccc3n12. The fourth-order valence-corrected chi connectivity index (χ4v) is 9.36. The van der Waals surface area contributed by atoms with Crippen molar-refractivity contribution >= 4 is 44.3 Å². The van der Waals surface area contributed by atoms with Gasteiger partial charge in [-0.2, -0.15) is 0 Å². The minimum Gasteiger partial charge on any atom is -0.268 e. The van der Waals surface area contributed by atoms with E-state index < -0.39 is 5.41 Å². The summed E-state index contributed by atoms with van der Waals surface area (Å²) in [6, 6.07) is 55.3. The van der Waals surface area contributed by atoms with Gasteiger partial charge in [0.1, 0.15) is 5.65 Å². The van der Waals surface area contributed by atoms with Crippen LogP contribution in [0, 0.1) is 0 Å². The molecule has 236 valence electrons. The highest BCUT2D eigenvalue weighted by atomic mass is 16.1. The number of rotatable bonds is 1. The third-order valence-electron chi connectivity index (χ3n) is 11.3. The molecule has 0 atom stereocenters. The lowest BCUT2D eigenvalue weighted by molar-refractivity contribution is 0.794. The molecule has 5 nitrogen and oxygen atoms in total. The first-order valence-corrected chi connectivity index (χ1v) is 17.3. The second kappa shape index (κ2) is 9.43. The predicted molar refractivity (Wildman–Crippen MR) is 204 cm³/mol. The Morgan fingerprint density at radius 3 is 1.75 bits per heavy atom. The Kier molecular flexibility index (Phi) is 5.00. The minimum atomic E-state index is -0.468. The van der Waals surface area contributed by atoms with Crippen LogP contribution in [0.15, 0.2) is 163 Å². The molecule has 2 aliphatic carbocycles. The van der Waals surface area contributed by atoms with Crippen LogP contribution in [0.1, 0.15) is 22.3 Å². The zero-order chi connectivity index (χ0) is 33.4. The van der Waals surface area contributed by atoms with Gasteiger partial charge in [-0.25, -0.2) is 14.4 Å². The lowest BCUT2D eigenvalue weighted by Gasteiger charge is -2.30. The van der Waals surface area contributed by atoms with Gasteiger partial charge in [-0.1, -0.05) is 121 Å². The summed E-state index contributed by atoms with van der Waals surface area (Å²) < 4.78 is 3.80. The summed E-state index contributed by atoms with van der Waals surface area (Å²) in [6.07, 6.45) is 0. The van der Waals surface area contributed by atoms with Gasteiger partial charge in [0.25, 0.3) is 5.56 Å². The molecule has 0 unspecified atom stereocenters. The summed E-state index contributed by atoms with van der Waals surface area (Å²) in [7, 11) is 0. The van der Waals surface area contributed by atoms with Gasteiger partial charge in [-0.3, -0.25) is 9.20 Å². The molecule has 12 rings (SSSR count). The first kappa shape index (κ1) is 27.0. The summed E-state index contributed by atoms with van der Waals surface area (Å²) >= 11 is 0. The summed E-state index contributed by atoms with van der Waals surface area (Å²) in [4.78, 5) is 25.3. The van der Waals surface area contributed by atoms with Crippen LogP contribution < -0.4 is 5.56 Å². The van der Waals surface area contributed by atoms with Gasteiger partial charge in [-0.05, 0) is 92.0 Å². The largest absolute Gasteiger partial charge is 0.268 e. The van der Waals surface area contributed by atoms with Crippen LogP contribution in [0.4, 0.5) is 0 Å². The van der Waals surface area contributed by atoms with Crippen LogP contribution in [0.3, 0.4) is 0 Å². The van der Waals surface area contributed by atoms with E-state index in [1.165, 1.54) is 44.5 Å². The molecule has 3 aromatic heterocycles. The Morgan fingerprint density at radius 1 is 0.451 bits per heavy atom. The van der Waals surface area contributed by atoms with E-state index in [0.717, 1.165) is 38.7 Å².